The molecule has 6 heteroatoms. The van der Waals surface area contributed by atoms with Gasteiger partial charge in [-0.2, -0.15) is 11.3 Å². The lowest BCUT2D eigenvalue weighted by Crippen LogP contribution is -2.41. The minimum absolute atomic E-state index is 0.0943. The maximum atomic E-state index is 13.2. The topological polar surface area (TPSA) is 55.4 Å². The first-order chi connectivity index (χ1) is 12.6. The predicted molar refractivity (Wildman–Crippen MR) is 103 cm³/mol. The monoisotopic (exact) mass is 385 g/mol. The molecule has 2 aromatic rings. The molecule has 0 amide bonds. The molecule has 2 aliphatic rings. The Balaban J connectivity index is 1.83. The number of Topliss-reactive ketones (excluding diaryl/α,β-unsaturated/α-hetero) is 1. The molecule has 1 aliphatic heterocycles. The predicted octanol–water partition coefficient (Wildman–Crippen LogP) is 4.20. The van der Waals surface area contributed by atoms with Gasteiger partial charge in [-0.1, -0.05) is 12.1 Å². The van der Waals surface area contributed by atoms with E-state index < -0.39 is 0 Å². The van der Waals surface area contributed by atoms with Crippen molar-refractivity contribution in [3.05, 3.63) is 67.8 Å². The third kappa shape index (κ3) is 2.83. The molecule has 3 atom stereocenters. The highest BCUT2D eigenvalue weighted by atomic mass is 32.1. The summed E-state index contributed by atoms with van der Waals surface area (Å²) in [6, 6.07) is 6.08. The van der Waals surface area contributed by atoms with E-state index in [1.165, 1.54) is 12.0 Å². The molecule has 0 aromatic carbocycles. The van der Waals surface area contributed by atoms with Crippen molar-refractivity contribution in [3.8, 4) is 0 Å². The Labute approximate surface area is 160 Å². The summed E-state index contributed by atoms with van der Waals surface area (Å²) >= 11 is 3.24. The van der Waals surface area contributed by atoms with Crippen molar-refractivity contribution in [2.75, 3.05) is 7.11 Å². The zero-order chi connectivity index (χ0) is 18.3. The van der Waals surface area contributed by atoms with Gasteiger partial charge in [0.05, 0.1) is 18.6 Å². The van der Waals surface area contributed by atoms with Crippen LogP contribution >= 0.6 is 22.7 Å². The SMILES string of the molecule is COC(=O)C1=C(C)NC2=CC(c3cccs3)CC(=O)C2C1c1ccsc1. The van der Waals surface area contributed by atoms with Gasteiger partial charge < -0.3 is 10.1 Å². The molecule has 3 unspecified atom stereocenters. The molecular formula is C20H19NO3S2. The minimum atomic E-state index is -0.376. The van der Waals surface area contributed by atoms with Crippen LogP contribution in [0.2, 0.25) is 0 Å². The standard InChI is InChI=1S/C20H19NO3S2/c1-11-17(20(23)24-2)18(12-5-7-25-10-12)19-14(21-11)8-13(9-15(19)22)16-4-3-6-26-16/h3-8,10,13,18-19,21H,9H2,1-2H3. The van der Waals surface area contributed by atoms with Crippen LogP contribution < -0.4 is 5.32 Å². The number of fused-ring (bicyclic) bond motifs is 1. The Morgan fingerprint density at radius 1 is 1.27 bits per heavy atom. The maximum Gasteiger partial charge on any atom is 0.336 e. The van der Waals surface area contributed by atoms with Gasteiger partial charge in [0.1, 0.15) is 5.78 Å². The van der Waals surface area contributed by atoms with Crippen LogP contribution in [0.5, 0.6) is 0 Å². The Bertz CT molecular complexity index is 894. The van der Waals surface area contributed by atoms with Crippen LogP contribution in [-0.2, 0) is 14.3 Å². The number of hydrogen-bond acceptors (Lipinski definition) is 6. The molecular weight excluding hydrogens is 366 g/mol. The second-order valence-electron chi connectivity index (χ2n) is 6.58. The summed E-state index contributed by atoms with van der Waals surface area (Å²) in [7, 11) is 1.38. The number of carbonyl (C=O) groups is 2. The minimum Gasteiger partial charge on any atom is -0.466 e. The second-order valence-corrected chi connectivity index (χ2v) is 8.34. The summed E-state index contributed by atoms with van der Waals surface area (Å²) < 4.78 is 5.02. The zero-order valence-electron chi connectivity index (χ0n) is 14.5. The third-order valence-corrected chi connectivity index (χ3v) is 6.79. The number of thiophene rings is 2. The van der Waals surface area contributed by atoms with Crippen LogP contribution in [0.3, 0.4) is 0 Å². The summed E-state index contributed by atoms with van der Waals surface area (Å²) in [6.07, 6.45) is 2.62. The van der Waals surface area contributed by atoms with Crippen LogP contribution in [0.15, 0.2) is 57.4 Å². The zero-order valence-corrected chi connectivity index (χ0v) is 16.2. The molecule has 0 saturated carbocycles. The van der Waals surface area contributed by atoms with Crippen molar-refractivity contribution in [3.63, 3.8) is 0 Å². The lowest BCUT2D eigenvalue weighted by molar-refractivity contribution is -0.136. The molecule has 1 N–H and O–H groups in total. The number of hydrogen-bond donors (Lipinski definition) is 1. The van der Waals surface area contributed by atoms with Crippen LogP contribution in [0.25, 0.3) is 0 Å². The first-order valence-corrected chi connectivity index (χ1v) is 10.3. The van der Waals surface area contributed by atoms with Gasteiger partial charge in [0.15, 0.2) is 0 Å². The average molecular weight is 386 g/mol. The lowest BCUT2D eigenvalue weighted by Gasteiger charge is -2.38. The van der Waals surface area contributed by atoms with Gasteiger partial charge in [0.2, 0.25) is 0 Å². The Kier molecular flexibility index (Phi) is 4.54. The summed E-state index contributed by atoms with van der Waals surface area (Å²) in [4.78, 5) is 26.8. The molecule has 4 nitrogen and oxygen atoms in total. The van der Waals surface area contributed by atoms with E-state index >= 15 is 0 Å². The normalized spacial score (nSPS) is 25.4. The fraction of sp³-hybridized carbons (Fsp3) is 0.300. The number of allylic oxidation sites excluding steroid dienone is 3. The molecule has 1 aliphatic carbocycles. The van der Waals surface area contributed by atoms with E-state index in [-0.39, 0.29) is 29.5 Å². The first kappa shape index (κ1) is 17.2. The number of esters is 1. The maximum absolute atomic E-state index is 13.2. The number of rotatable bonds is 3. The summed E-state index contributed by atoms with van der Waals surface area (Å²) in [5.74, 6) is -0.773. The Morgan fingerprint density at radius 2 is 2.12 bits per heavy atom. The van der Waals surface area contributed by atoms with Gasteiger partial charge in [0.25, 0.3) is 0 Å². The summed E-state index contributed by atoms with van der Waals surface area (Å²) in [5, 5.41) is 9.36. The molecule has 0 bridgehead atoms. The van der Waals surface area contributed by atoms with Crippen molar-refractivity contribution in [2.24, 2.45) is 5.92 Å². The van der Waals surface area contributed by atoms with Gasteiger partial charge in [-0.3, -0.25) is 4.79 Å². The van der Waals surface area contributed by atoms with Crippen molar-refractivity contribution in [1.82, 2.24) is 5.32 Å². The summed E-state index contributed by atoms with van der Waals surface area (Å²) in [5.41, 5.74) is 3.21. The third-order valence-electron chi connectivity index (χ3n) is 5.08. The smallest absolute Gasteiger partial charge is 0.336 e. The molecule has 134 valence electrons. The molecule has 26 heavy (non-hydrogen) atoms. The molecule has 0 fully saturated rings. The van der Waals surface area contributed by atoms with Gasteiger partial charge in [-0.05, 0) is 40.8 Å². The van der Waals surface area contributed by atoms with Crippen molar-refractivity contribution >= 4 is 34.4 Å². The van der Waals surface area contributed by atoms with Crippen molar-refractivity contribution < 1.29 is 14.3 Å². The number of ketones is 1. The molecule has 0 spiro atoms. The van der Waals surface area contributed by atoms with E-state index in [2.05, 4.69) is 17.5 Å². The van der Waals surface area contributed by atoms with E-state index in [0.717, 1.165) is 17.0 Å². The molecule has 4 rings (SSSR count). The van der Waals surface area contributed by atoms with Gasteiger partial charge >= 0.3 is 5.97 Å². The van der Waals surface area contributed by atoms with Crippen LogP contribution in [0.1, 0.15) is 35.6 Å². The molecule has 0 saturated heterocycles. The van der Waals surface area contributed by atoms with E-state index in [0.29, 0.717) is 12.0 Å². The average Bonchev–Trinajstić information content (AvgIpc) is 3.33. The second kappa shape index (κ2) is 6.85. The number of methoxy groups -OCH3 is 1. The fourth-order valence-corrected chi connectivity index (χ4v) is 5.45. The molecule has 2 aromatic heterocycles. The highest BCUT2D eigenvalue weighted by molar-refractivity contribution is 7.10. The Morgan fingerprint density at radius 3 is 2.77 bits per heavy atom. The number of nitrogens with one attached hydrogen (secondary N) is 1. The van der Waals surface area contributed by atoms with Crippen LogP contribution in [0, 0.1) is 5.92 Å². The molecule has 0 radical (unpaired) electrons. The van der Waals surface area contributed by atoms with Crippen LogP contribution in [0.4, 0.5) is 0 Å². The molecule has 3 heterocycles. The van der Waals surface area contributed by atoms with E-state index in [4.69, 9.17) is 4.74 Å². The number of carbonyl (C=O) groups excluding carboxylic acids is 2. The first-order valence-electron chi connectivity index (χ1n) is 8.46. The van der Waals surface area contributed by atoms with Crippen molar-refractivity contribution in [1.29, 1.82) is 0 Å². The van der Waals surface area contributed by atoms with Crippen LogP contribution in [-0.4, -0.2) is 18.9 Å². The van der Waals surface area contributed by atoms with E-state index in [1.54, 1.807) is 22.7 Å². The fourth-order valence-electron chi connectivity index (χ4n) is 3.95. The van der Waals surface area contributed by atoms with E-state index in [1.807, 2.05) is 35.2 Å². The quantitative estimate of drug-likeness (QED) is 0.805. The summed E-state index contributed by atoms with van der Waals surface area (Å²) in [6.45, 7) is 1.88. The largest absolute Gasteiger partial charge is 0.466 e. The van der Waals surface area contributed by atoms with Gasteiger partial charge in [0, 0.05) is 34.5 Å². The van der Waals surface area contributed by atoms with Gasteiger partial charge in [-0.15, -0.1) is 11.3 Å². The Hall–Kier alpha value is -2.18. The lowest BCUT2D eigenvalue weighted by atomic mass is 9.70. The highest BCUT2D eigenvalue weighted by Crippen LogP contribution is 2.46. The van der Waals surface area contributed by atoms with E-state index in [9.17, 15) is 9.59 Å². The highest BCUT2D eigenvalue weighted by Gasteiger charge is 2.45. The van der Waals surface area contributed by atoms with Crippen molar-refractivity contribution in [2.45, 2.75) is 25.2 Å². The van der Waals surface area contributed by atoms with Gasteiger partial charge in [-0.25, -0.2) is 4.79 Å². The number of ether oxygens (including phenoxy) is 1.